The Balaban J connectivity index is 1.83. The number of nitrogens with zero attached hydrogens (tertiary/aromatic N) is 5. The van der Waals surface area contributed by atoms with Crippen molar-refractivity contribution in [2.45, 2.75) is 0 Å². The zero-order chi connectivity index (χ0) is 19.4. The summed E-state index contributed by atoms with van der Waals surface area (Å²) >= 11 is 0. The molecule has 0 fully saturated rings. The van der Waals surface area contributed by atoms with Gasteiger partial charge in [0, 0.05) is 18.2 Å². The van der Waals surface area contributed by atoms with E-state index in [-0.39, 0.29) is 22.6 Å². The fourth-order valence-electron chi connectivity index (χ4n) is 3.23. The van der Waals surface area contributed by atoms with Crippen LogP contribution in [0.15, 0.2) is 29.3 Å². The number of pyridine rings is 1. The summed E-state index contributed by atoms with van der Waals surface area (Å²) in [5.41, 5.74) is 6.03. The van der Waals surface area contributed by atoms with Crippen molar-refractivity contribution in [3.63, 3.8) is 0 Å². The highest BCUT2D eigenvalue weighted by molar-refractivity contribution is 6.23. The number of hydrogen-bond donors (Lipinski definition) is 2. The Morgan fingerprint density at radius 1 is 1.00 bits per heavy atom. The van der Waals surface area contributed by atoms with Crippen LogP contribution in [0.25, 0.3) is 11.4 Å². The van der Waals surface area contributed by atoms with E-state index < -0.39 is 17.4 Å². The second-order valence-corrected chi connectivity index (χ2v) is 6.01. The minimum atomic E-state index is -0.673. The van der Waals surface area contributed by atoms with Crippen LogP contribution in [-0.2, 0) is 0 Å². The van der Waals surface area contributed by atoms with Gasteiger partial charge in [0.1, 0.15) is 25.4 Å². The number of carbonyl (C=O) groups excluding carboxylic acids is 2. The van der Waals surface area contributed by atoms with E-state index in [0.29, 0.717) is 30.4 Å². The van der Waals surface area contributed by atoms with Crippen molar-refractivity contribution in [1.82, 2.24) is 30.1 Å². The van der Waals surface area contributed by atoms with Crippen molar-refractivity contribution >= 4 is 17.6 Å². The fraction of sp³-hybridized carbons (Fsp3) is 0.125. The van der Waals surface area contributed by atoms with Gasteiger partial charge >= 0.3 is 0 Å². The van der Waals surface area contributed by atoms with Gasteiger partial charge in [-0.2, -0.15) is 4.68 Å². The first-order chi connectivity index (χ1) is 13.5. The van der Waals surface area contributed by atoms with Crippen LogP contribution in [0.2, 0.25) is 0 Å². The lowest BCUT2D eigenvalue weighted by molar-refractivity contribution is 0.0880. The predicted octanol–water partition coefficient (Wildman–Crippen LogP) is -0.950. The molecule has 4 heterocycles. The number of fused-ring (bicyclic) bond motifs is 2. The molecule has 0 saturated heterocycles. The number of rotatable bonds is 2. The molecule has 0 atom stereocenters. The minimum absolute atomic E-state index is 0.0646. The van der Waals surface area contributed by atoms with Crippen molar-refractivity contribution in [2.75, 3.05) is 18.9 Å². The number of aromatic nitrogens is 5. The van der Waals surface area contributed by atoms with Gasteiger partial charge in [0.2, 0.25) is 0 Å². The third-order valence-corrected chi connectivity index (χ3v) is 4.43. The zero-order valence-electron chi connectivity index (χ0n) is 14.1. The molecule has 0 spiro atoms. The van der Waals surface area contributed by atoms with E-state index in [4.69, 9.17) is 15.2 Å². The summed E-state index contributed by atoms with van der Waals surface area (Å²) in [5, 5.41) is 13.2. The van der Waals surface area contributed by atoms with Gasteiger partial charge in [-0.25, -0.2) is 0 Å². The molecule has 2 aliphatic heterocycles. The van der Waals surface area contributed by atoms with E-state index in [1.54, 1.807) is 12.1 Å². The fourth-order valence-corrected chi connectivity index (χ4v) is 3.23. The number of hydrogen-bond acceptors (Lipinski definition) is 9. The SMILES string of the molecule is Nc1c2c(cc(=O)n1-c1cc3c(cc1-n1cnnn1)OCCO3)C(=O)NC2=O. The number of anilines is 1. The molecular formula is C16H11N7O5. The first-order valence-electron chi connectivity index (χ1n) is 8.13. The van der Waals surface area contributed by atoms with Crippen LogP contribution in [0.1, 0.15) is 20.7 Å². The van der Waals surface area contributed by atoms with Crippen LogP contribution in [-0.4, -0.2) is 49.8 Å². The average Bonchev–Trinajstić information content (AvgIpc) is 3.30. The third kappa shape index (κ3) is 2.17. The lowest BCUT2D eigenvalue weighted by atomic mass is 10.1. The molecule has 0 saturated carbocycles. The number of nitrogen functional groups attached to an aromatic ring is 1. The Bertz CT molecular complexity index is 1220. The molecule has 12 nitrogen and oxygen atoms in total. The number of carbonyl (C=O) groups is 2. The summed E-state index contributed by atoms with van der Waals surface area (Å²) < 4.78 is 13.6. The van der Waals surface area contributed by atoms with E-state index in [1.807, 2.05) is 0 Å². The van der Waals surface area contributed by atoms with E-state index in [2.05, 4.69) is 20.8 Å². The smallest absolute Gasteiger partial charge is 0.262 e. The number of amides is 2. The van der Waals surface area contributed by atoms with Crippen molar-refractivity contribution in [1.29, 1.82) is 0 Å². The normalized spacial score (nSPS) is 14.7. The molecule has 2 aliphatic rings. The van der Waals surface area contributed by atoms with Gasteiger partial charge in [0.05, 0.1) is 22.5 Å². The van der Waals surface area contributed by atoms with E-state index in [0.717, 1.165) is 10.6 Å². The number of imide groups is 1. The van der Waals surface area contributed by atoms with E-state index in [9.17, 15) is 14.4 Å². The topological polar surface area (TPSA) is 156 Å². The lowest BCUT2D eigenvalue weighted by Gasteiger charge is -2.22. The highest BCUT2D eigenvalue weighted by atomic mass is 16.6. The third-order valence-electron chi connectivity index (χ3n) is 4.43. The van der Waals surface area contributed by atoms with Gasteiger partial charge in [-0.1, -0.05) is 0 Å². The maximum Gasteiger partial charge on any atom is 0.262 e. The van der Waals surface area contributed by atoms with E-state index in [1.165, 1.54) is 11.0 Å². The van der Waals surface area contributed by atoms with Gasteiger partial charge in [0.15, 0.2) is 11.5 Å². The summed E-state index contributed by atoms with van der Waals surface area (Å²) in [5.74, 6) is -0.685. The molecule has 0 bridgehead atoms. The number of nitrogens with one attached hydrogen (secondary N) is 1. The Hall–Kier alpha value is -4.22. The first-order valence-corrected chi connectivity index (χ1v) is 8.13. The standard InChI is InChI=1S/C16H11N7O5/c17-14-13-7(15(25)19-16(13)26)3-12(24)23(14)9-5-11-10(27-1-2-28-11)4-8(9)22-6-18-20-21-22/h3-6H,1-2,17H2,(H,19,25,26). The van der Waals surface area contributed by atoms with Gasteiger partial charge in [-0.3, -0.25) is 24.3 Å². The lowest BCUT2D eigenvalue weighted by Crippen LogP contribution is -2.26. The quantitative estimate of drug-likeness (QED) is 0.534. The summed E-state index contributed by atoms with van der Waals surface area (Å²) in [6, 6.07) is 4.21. The Kier molecular flexibility index (Phi) is 3.22. The van der Waals surface area contributed by atoms with Crippen LogP contribution in [0.4, 0.5) is 5.82 Å². The van der Waals surface area contributed by atoms with Gasteiger partial charge in [0.25, 0.3) is 17.4 Å². The maximum atomic E-state index is 12.8. The molecular weight excluding hydrogens is 370 g/mol. The summed E-state index contributed by atoms with van der Waals surface area (Å²) in [6.07, 6.45) is 1.33. The number of ether oxygens (including phenoxy) is 2. The van der Waals surface area contributed by atoms with Gasteiger partial charge < -0.3 is 15.2 Å². The van der Waals surface area contributed by atoms with Crippen LogP contribution in [0.5, 0.6) is 11.5 Å². The van der Waals surface area contributed by atoms with Crippen LogP contribution in [0.3, 0.4) is 0 Å². The molecule has 2 aromatic heterocycles. The molecule has 2 amide bonds. The Morgan fingerprint density at radius 2 is 1.71 bits per heavy atom. The van der Waals surface area contributed by atoms with Crippen LogP contribution in [0, 0.1) is 0 Å². The van der Waals surface area contributed by atoms with Crippen LogP contribution < -0.4 is 26.1 Å². The molecule has 0 radical (unpaired) electrons. The van der Waals surface area contributed by atoms with Crippen LogP contribution >= 0.6 is 0 Å². The molecule has 5 rings (SSSR count). The van der Waals surface area contributed by atoms with Crippen molar-refractivity contribution in [3.05, 3.63) is 46.0 Å². The second-order valence-electron chi connectivity index (χ2n) is 6.01. The first kappa shape index (κ1) is 16.0. The second kappa shape index (κ2) is 5.64. The van der Waals surface area contributed by atoms with Crippen molar-refractivity contribution in [2.24, 2.45) is 0 Å². The molecule has 3 N–H and O–H groups in total. The molecule has 0 unspecified atom stereocenters. The summed E-state index contributed by atoms with van der Waals surface area (Å²) in [7, 11) is 0. The van der Waals surface area contributed by atoms with E-state index >= 15 is 0 Å². The predicted molar refractivity (Wildman–Crippen MR) is 92.0 cm³/mol. The zero-order valence-corrected chi connectivity index (χ0v) is 14.1. The number of nitrogens with two attached hydrogens (primary N) is 1. The van der Waals surface area contributed by atoms with Crippen molar-refractivity contribution < 1.29 is 19.1 Å². The number of benzene rings is 1. The molecule has 28 heavy (non-hydrogen) atoms. The highest BCUT2D eigenvalue weighted by Crippen LogP contribution is 2.37. The van der Waals surface area contributed by atoms with Gasteiger partial charge in [-0.15, -0.1) is 5.10 Å². The number of tetrazole rings is 1. The average molecular weight is 381 g/mol. The summed E-state index contributed by atoms with van der Waals surface area (Å²) in [6.45, 7) is 0.701. The maximum absolute atomic E-state index is 12.8. The van der Waals surface area contributed by atoms with Crippen molar-refractivity contribution in [3.8, 4) is 22.9 Å². The Labute approximate surface area is 155 Å². The molecule has 12 heteroatoms. The largest absolute Gasteiger partial charge is 0.486 e. The Morgan fingerprint density at radius 3 is 2.39 bits per heavy atom. The summed E-state index contributed by atoms with van der Waals surface area (Å²) in [4.78, 5) is 36.8. The molecule has 140 valence electrons. The highest BCUT2D eigenvalue weighted by Gasteiger charge is 2.32. The monoisotopic (exact) mass is 381 g/mol. The molecule has 3 aromatic rings. The molecule has 0 aliphatic carbocycles. The van der Waals surface area contributed by atoms with Gasteiger partial charge in [-0.05, 0) is 10.4 Å². The minimum Gasteiger partial charge on any atom is -0.486 e. The molecule has 1 aromatic carbocycles.